The van der Waals surface area contributed by atoms with Crippen molar-refractivity contribution in [1.82, 2.24) is 0 Å². The Bertz CT molecular complexity index is 502. The van der Waals surface area contributed by atoms with Crippen LogP contribution in [-0.4, -0.2) is 52.6 Å². The van der Waals surface area contributed by atoms with Gasteiger partial charge in [-0.3, -0.25) is 0 Å². The maximum Gasteiger partial charge on any atom is 0.0113 e. The third kappa shape index (κ3) is 8.01. The van der Waals surface area contributed by atoms with E-state index in [9.17, 15) is 0 Å². The Morgan fingerprint density at radius 1 is 0.679 bits per heavy atom. The summed E-state index contributed by atoms with van der Waals surface area (Å²) in [6.07, 6.45) is -0.517. The van der Waals surface area contributed by atoms with Crippen molar-refractivity contribution in [3.8, 4) is 0 Å². The van der Waals surface area contributed by atoms with Crippen LogP contribution >= 0.6 is 24.4 Å². The summed E-state index contributed by atoms with van der Waals surface area (Å²) in [7, 11) is 1.74. The zero-order valence-electron chi connectivity index (χ0n) is 20.3. The Kier molecular flexibility index (Phi) is 11.8. The minimum atomic E-state index is -0.517. The molecule has 0 unspecified atom stereocenters. The van der Waals surface area contributed by atoms with Crippen molar-refractivity contribution < 1.29 is 0 Å². The average Bonchev–Trinajstić information content (AvgIpc) is 2.60. The summed E-state index contributed by atoms with van der Waals surface area (Å²) in [5.41, 5.74) is 5.72. The summed E-state index contributed by atoms with van der Waals surface area (Å²) in [6, 6.07) is 16.0. The molecule has 4 heteroatoms. The predicted molar refractivity (Wildman–Crippen MR) is 143 cm³/mol. The third-order valence-corrected chi connectivity index (χ3v) is 15.3. The maximum absolute atomic E-state index is 2.48. The molecule has 1 rings (SSSR count). The Balaban J connectivity index is 3.47. The molecule has 0 radical (unpaired) electrons. The van der Waals surface area contributed by atoms with Crippen LogP contribution in [0.1, 0.15) is 69.2 Å². The van der Waals surface area contributed by atoms with E-state index in [4.69, 9.17) is 0 Å². The quantitative estimate of drug-likeness (QED) is 0.230. The molecule has 0 spiro atoms. The lowest BCUT2D eigenvalue weighted by atomic mass is 9.25. The number of hydrogen-bond acceptors (Lipinski definition) is 0. The molecule has 1 aromatic rings. The van der Waals surface area contributed by atoms with E-state index in [1.807, 2.05) is 0 Å². The van der Waals surface area contributed by atoms with Crippen LogP contribution in [0.5, 0.6) is 0 Å². The summed E-state index contributed by atoms with van der Waals surface area (Å²) in [5.74, 6) is 0. The molecule has 0 atom stereocenters. The Hall–Kier alpha value is 0.575. The summed E-state index contributed by atoms with van der Waals surface area (Å²) >= 11 is 0. The Morgan fingerprint density at radius 3 is 1.39 bits per heavy atom. The van der Waals surface area contributed by atoms with Gasteiger partial charge in [0.25, 0.3) is 0 Å². The Morgan fingerprint density at radius 2 is 1.07 bits per heavy atom. The van der Waals surface area contributed by atoms with Crippen LogP contribution in [0, 0.1) is 0 Å². The largest absolute Gasteiger partial charge is 0.575 e. The highest BCUT2D eigenvalue weighted by molar-refractivity contribution is 7.67. The second-order valence-corrected chi connectivity index (χ2v) is 18.8. The van der Waals surface area contributed by atoms with E-state index in [1.165, 1.54) is 18.2 Å². The van der Waals surface area contributed by atoms with Crippen LogP contribution in [0.25, 0.3) is 0 Å². The molecule has 0 nitrogen and oxygen atoms in total. The molecule has 28 heavy (non-hydrogen) atoms. The average molecular weight is 438 g/mol. The molecule has 0 aromatic heterocycles. The van der Waals surface area contributed by atoms with Crippen LogP contribution in [0.4, 0.5) is 0 Å². The Labute approximate surface area is 182 Å². The third-order valence-electron chi connectivity index (χ3n) is 6.10. The molecule has 162 valence electrons. The molecule has 0 saturated carbocycles. The van der Waals surface area contributed by atoms with Crippen LogP contribution in [-0.2, 0) is 0 Å². The van der Waals surface area contributed by atoms with Gasteiger partial charge in [-0.05, 0) is 22.6 Å². The van der Waals surface area contributed by atoms with E-state index in [0.717, 1.165) is 28.3 Å². The maximum atomic E-state index is 2.48. The molecule has 0 aliphatic heterocycles. The van der Waals surface area contributed by atoms with Crippen LogP contribution < -0.4 is 5.46 Å². The van der Waals surface area contributed by atoms with Crippen molar-refractivity contribution >= 4 is 36.0 Å². The van der Waals surface area contributed by atoms with Crippen molar-refractivity contribution in [3.63, 3.8) is 0 Å². The molecule has 0 fully saturated rings. The van der Waals surface area contributed by atoms with Gasteiger partial charge >= 0.3 is 0 Å². The van der Waals surface area contributed by atoms with E-state index in [1.54, 1.807) is 14.0 Å². The first-order valence-electron chi connectivity index (χ1n) is 11.4. The predicted octanol–water partition coefficient (Wildman–Crippen LogP) is 7.91. The van der Waals surface area contributed by atoms with Crippen LogP contribution in [0.3, 0.4) is 0 Å². The SMILES string of the molecule is CC(C)[P-]C[B-](CP(C(C)C)C(C)C)(CP(C(C)C)C(C)C)c1ccccc1. The number of hydrogen-bond donors (Lipinski definition) is 0. The molecule has 0 bridgehead atoms. The van der Waals surface area contributed by atoms with Gasteiger partial charge in [-0.25, -0.2) is 5.46 Å². The summed E-state index contributed by atoms with van der Waals surface area (Å²) in [6.45, 7) is 24.6. The van der Waals surface area contributed by atoms with Gasteiger partial charge in [0.2, 0.25) is 0 Å². The smallest absolute Gasteiger partial charge is 0.0113 e. The zero-order chi connectivity index (χ0) is 21.5. The molecule has 1 aromatic carbocycles. The van der Waals surface area contributed by atoms with Crippen LogP contribution in [0.2, 0.25) is 0 Å². The molecule has 0 heterocycles. The lowest BCUT2D eigenvalue weighted by molar-refractivity contribution is 1.00. The number of rotatable bonds is 12. The van der Waals surface area contributed by atoms with Gasteiger partial charge in [0.1, 0.15) is 0 Å². The lowest BCUT2D eigenvalue weighted by Gasteiger charge is -2.54. The van der Waals surface area contributed by atoms with Gasteiger partial charge in [0.05, 0.1) is 0 Å². The van der Waals surface area contributed by atoms with Crippen molar-refractivity contribution in [1.29, 1.82) is 0 Å². The summed E-state index contributed by atoms with van der Waals surface area (Å²) in [5, 5.41) is 0. The van der Waals surface area contributed by atoms with E-state index >= 15 is 0 Å². The van der Waals surface area contributed by atoms with E-state index in [0.29, 0.717) is 0 Å². The van der Waals surface area contributed by atoms with Crippen molar-refractivity contribution in [2.45, 2.75) is 97.5 Å². The van der Waals surface area contributed by atoms with E-state index < -0.39 is 6.15 Å². The number of benzene rings is 1. The monoisotopic (exact) mass is 438 g/mol. The van der Waals surface area contributed by atoms with Gasteiger partial charge < -0.3 is 14.6 Å². The molecular weight excluding hydrogens is 392 g/mol. The van der Waals surface area contributed by atoms with Gasteiger partial charge in [-0.2, -0.15) is 17.8 Å². The van der Waals surface area contributed by atoms with Gasteiger partial charge in [-0.1, -0.05) is 99.6 Å². The first-order chi connectivity index (χ1) is 13.0. The molecular formula is C24H46BP3-2. The van der Waals surface area contributed by atoms with Crippen LogP contribution in [0.15, 0.2) is 30.3 Å². The first-order valence-corrected chi connectivity index (χ1v) is 15.9. The molecule has 0 saturated heterocycles. The molecule has 0 aliphatic carbocycles. The fraction of sp³-hybridized carbons (Fsp3) is 0.750. The van der Waals surface area contributed by atoms with Crippen molar-refractivity contribution in [2.75, 3.05) is 18.2 Å². The highest BCUT2D eigenvalue weighted by atomic mass is 31.1. The van der Waals surface area contributed by atoms with Gasteiger partial charge in [0.15, 0.2) is 0 Å². The normalized spacial score (nSPS) is 13.8. The zero-order valence-corrected chi connectivity index (χ0v) is 23.0. The van der Waals surface area contributed by atoms with E-state index in [2.05, 4.69) is 99.6 Å². The first kappa shape index (κ1) is 26.6. The minimum Gasteiger partial charge on any atom is -0.575 e. The van der Waals surface area contributed by atoms with Crippen molar-refractivity contribution in [2.24, 2.45) is 0 Å². The summed E-state index contributed by atoms with van der Waals surface area (Å²) < 4.78 is 0. The van der Waals surface area contributed by atoms with E-state index in [-0.39, 0.29) is 15.8 Å². The lowest BCUT2D eigenvalue weighted by Crippen LogP contribution is -2.58. The molecule has 0 amide bonds. The van der Waals surface area contributed by atoms with Gasteiger partial charge in [-0.15, -0.1) is 15.8 Å². The molecule has 0 aliphatic rings. The van der Waals surface area contributed by atoms with Gasteiger partial charge in [0, 0.05) is 6.15 Å². The highest BCUT2D eigenvalue weighted by Gasteiger charge is 2.32. The standard InChI is InChI=1S/C24H46BP3/c1-19(2)26-16-25(24-14-12-11-13-15-24,17-27(20(3)4)21(5)6)18-28(22(7)8)23(9)10/h11-15,19-23H,16-18H2,1-10H3/q-2. The molecule has 0 N–H and O–H groups in total. The second kappa shape index (κ2) is 12.4. The summed E-state index contributed by atoms with van der Waals surface area (Å²) in [4.78, 5) is 0. The highest BCUT2D eigenvalue weighted by Crippen LogP contribution is 2.53. The van der Waals surface area contributed by atoms with Crippen molar-refractivity contribution in [3.05, 3.63) is 30.3 Å². The topological polar surface area (TPSA) is 0 Å². The minimum absolute atomic E-state index is 0.0435. The second-order valence-electron chi connectivity index (χ2n) is 10.1. The fourth-order valence-corrected chi connectivity index (χ4v) is 13.1. The fourth-order valence-electron chi connectivity index (χ4n) is 4.61.